The predicted octanol–water partition coefficient (Wildman–Crippen LogP) is 3.59. The fourth-order valence-corrected chi connectivity index (χ4v) is 3.90. The lowest BCUT2D eigenvalue weighted by Crippen LogP contribution is -2.36. The average Bonchev–Trinajstić information content (AvgIpc) is 2.93. The summed E-state index contributed by atoms with van der Waals surface area (Å²) in [7, 11) is 0. The van der Waals surface area contributed by atoms with E-state index in [1.54, 1.807) is 0 Å². The number of carbonyl (C=O) groups excluding carboxylic acids is 1. The summed E-state index contributed by atoms with van der Waals surface area (Å²) < 4.78 is 0. The maximum atomic E-state index is 12.3. The molecule has 0 radical (unpaired) electrons. The fourth-order valence-electron chi connectivity index (χ4n) is 3.13. The first-order valence-electron chi connectivity index (χ1n) is 7.46. The molecule has 1 aliphatic carbocycles. The van der Waals surface area contributed by atoms with E-state index in [2.05, 4.69) is 5.32 Å². The molecule has 1 unspecified atom stereocenters. The molecular weight excluding hydrogens is 307 g/mol. The highest BCUT2D eigenvalue weighted by atomic mass is 35.5. The Morgan fingerprint density at radius 2 is 2.05 bits per heavy atom. The SMILES string of the molecule is CC(CNC(=O)[C@@H]1CCC[C@@H]1CN)c1c(Cl)cccc1Cl. The van der Waals surface area contributed by atoms with Crippen LogP contribution in [0.3, 0.4) is 0 Å². The van der Waals surface area contributed by atoms with E-state index in [-0.39, 0.29) is 17.7 Å². The molecule has 1 saturated carbocycles. The number of nitrogens with one attached hydrogen (secondary N) is 1. The lowest BCUT2D eigenvalue weighted by molar-refractivity contribution is -0.126. The first-order valence-corrected chi connectivity index (χ1v) is 8.21. The van der Waals surface area contributed by atoms with Crippen LogP contribution >= 0.6 is 23.2 Å². The van der Waals surface area contributed by atoms with E-state index in [1.165, 1.54) is 0 Å². The van der Waals surface area contributed by atoms with Crippen molar-refractivity contribution in [2.75, 3.05) is 13.1 Å². The summed E-state index contributed by atoms with van der Waals surface area (Å²) in [4.78, 5) is 12.3. The van der Waals surface area contributed by atoms with E-state index >= 15 is 0 Å². The fraction of sp³-hybridized carbons (Fsp3) is 0.562. The molecule has 0 bridgehead atoms. The number of halogens is 2. The zero-order valence-corrected chi connectivity index (χ0v) is 13.8. The van der Waals surface area contributed by atoms with Crippen LogP contribution in [0.1, 0.15) is 37.7 Å². The molecule has 3 nitrogen and oxygen atoms in total. The predicted molar refractivity (Wildman–Crippen MR) is 87.8 cm³/mol. The topological polar surface area (TPSA) is 55.1 Å². The summed E-state index contributed by atoms with van der Waals surface area (Å²) in [5, 5.41) is 4.32. The Morgan fingerprint density at radius 3 is 2.67 bits per heavy atom. The van der Waals surface area contributed by atoms with Gasteiger partial charge in [-0.2, -0.15) is 0 Å². The number of nitrogens with two attached hydrogens (primary N) is 1. The molecule has 0 aliphatic heterocycles. The second-order valence-corrected chi connectivity index (χ2v) is 6.63. The van der Waals surface area contributed by atoms with Crippen molar-refractivity contribution in [3.63, 3.8) is 0 Å². The maximum absolute atomic E-state index is 12.3. The molecule has 0 saturated heterocycles. The van der Waals surface area contributed by atoms with Crippen LogP contribution in [0.4, 0.5) is 0 Å². The van der Waals surface area contributed by atoms with Crippen LogP contribution < -0.4 is 11.1 Å². The molecule has 1 fully saturated rings. The number of hydrogen-bond donors (Lipinski definition) is 2. The minimum absolute atomic E-state index is 0.0592. The Morgan fingerprint density at radius 1 is 1.38 bits per heavy atom. The van der Waals surface area contributed by atoms with Gasteiger partial charge in [0.1, 0.15) is 0 Å². The highest BCUT2D eigenvalue weighted by molar-refractivity contribution is 6.36. The van der Waals surface area contributed by atoms with Crippen LogP contribution in [0.15, 0.2) is 18.2 Å². The summed E-state index contributed by atoms with van der Waals surface area (Å²) in [6.07, 6.45) is 3.08. The molecule has 1 aliphatic rings. The van der Waals surface area contributed by atoms with Crippen molar-refractivity contribution in [2.24, 2.45) is 17.6 Å². The van der Waals surface area contributed by atoms with E-state index in [1.807, 2.05) is 25.1 Å². The lowest BCUT2D eigenvalue weighted by atomic mass is 9.94. The van der Waals surface area contributed by atoms with Gasteiger partial charge in [-0.3, -0.25) is 4.79 Å². The van der Waals surface area contributed by atoms with Crippen LogP contribution in [0.25, 0.3) is 0 Å². The van der Waals surface area contributed by atoms with Crippen molar-refractivity contribution in [3.8, 4) is 0 Å². The number of hydrogen-bond acceptors (Lipinski definition) is 2. The van der Waals surface area contributed by atoms with Crippen LogP contribution in [0.2, 0.25) is 10.0 Å². The van der Waals surface area contributed by atoms with E-state index in [9.17, 15) is 4.79 Å². The largest absolute Gasteiger partial charge is 0.355 e. The molecule has 3 N–H and O–H groups in total. The van der Waals surface area contributed by atoms with Crippen molar-refractivity contribution < 1.29 is 4.79 Å². The summed E-state index contributed by atoms with van der Waals surface area (Å²) in [6, 6.07) is 5.47. The quantitative estimate of drug-likeness (QED) is 0.867. The number of benzene rings is 1. The molecule has 1 aromatic rings. The second kappa shape index (κ2) is 7.48. The first-order chi connectivity index (χ1) is 10.0. The lowest BCUT2D eigenvalue weighted by Gasteiger charge is -2.20. The van der Waals surface area contributed by atoms with Crippen molar-refractivity contribution >= 4 is 29.1 Å². The highest BCUT2D eigenvalue weighted by Gasteiger charge is 2.31. The minimum Gasteiger partial charge on any atom is -0.355 e. The van der Waals surface area contributed by atoms with Crippen LogP contribution in [-0.2, 0) is 4.79 Å². The summed E-state index contributed by atoms with van der Waals surface area (Å²) in [6.45, 7) is 3.14. The van der Waals surface area contributed by atoms with Gasteiger partial charge in [0.15, 0.2) is 0 Å². The summed E-state index contributed by atoms with van der Waals surface area (Å²) in [5.41, 5.74) is 6.63. The van der Waals surface area contributed by atoms with Crippen molar-refractivity contribution in [1.29, 1.82) is 0 Å². The Balaban J connectivity index is 1.95. The third-order valence-electron chi connectivity index (χ3n) is 4.37. The van der Waals surface area contributed by atoms with Crippen molar-refractivity contribution in [1.82, 2.24) is 5.32 Å². The molecule has 0 aromatic heterocycles. The van der Waals surface area contributed by atoms with Gasteiger partial charge >= 0.3 is 0 Å². The van der Waals surface area contributed by atoms with Gasteiger partial charge in [0.2, 0.25) is 5.91 Å². The number of amides is 1. The second-order valence-electron chi connectivity index (χ2n) is 5.81. The zero-order valence-electron chi connectivity index (χ0n) is 12.2. The summed E-state index contributed by atoms with van der Waals surface area (Å²) in [5.74, 6) is 0.569. The molecular formula is C16H22Cl2N2O. The van der Waals surface area contributed by atoms with E-state index < -0.39 is 0 Å². The minimum atomic E-state index is 0.0592. The molecule has 3 atom stereocenters. The molecule has 116 valence electrons. The third kappa shape index (κ3) is 3.91. The van der Waals surface area contributed by atoms with Gasteiger partial charge in [-0.15, -0.1) is 0 Å². The van der Waals surface area contributed by atoms with E-state index in [4.69, 9.17) is 28.9 Å². The normalized spacial score (nSPS) is 23.0. The molecule has 21 heavy (non-hydrogen) atoms. The van der Waals surface area contributed by atoms with Gasteiger partial charge in [-0.1, -0.05) is 42.6 Å². The molecule has 0 heterocycles. The van der Waals surface area contributed by atoms with Gasteiger partial charge in [-0.05, 0) is 43.0 Å². The zero-order chi connectivity index (χ0) is 15.4. The highest BCUT2D eigenvalue weighted by Crippen LogP contribution is 2.32. The molecule has 0 spiro atoms. The van der Waals surface area contributed by atoms with Gasteiger partial charge in [0.25, 0.3) is 0 Å². The smallest absolute Gasteiger partial charge is 0.223 e. The monoisotopic (exact) mass is 328 g/mol. The molecule has 5 heteroatoms. The maximum Gasteiger partial charge on any atom is 0.223 e. The molecule has 1 amide bonds. The molecule has 2 rings (SSSR count). The van der Waals surface area contributed by atoms with Crippen LogP contribution in [0, 0.1) is 11.8 Å². The Kier molecular flexibility index (Phi) is 5.91. The third-order valence-corrected chi connectivity index (χ3v) is 5.03. The van der Waals surface area contributed by atoms with Gasteiger partial charge in [0.05, 0.1) is 0 Å². The van der Waals surface area contributed by atoms with Crippen LogP contribution in [-0.4, -0.2) is 19.0 Å². The summed E-state index contributed by atoms with van der Waals surface area (Å²) >= 11 is 12.4. The van der Waals surface area contributed by atoms with Crippen molar-refractivity contribution in [3.05, 3.63) is 33.8 Å². The number of rotatable bonds is 5. The van der Waals surface area contributed by atoms with Gasteiger partial charge in [-0.25, -0.2) is 0 Å². The van der Waals surface area contributed by atoms with E-state index in [0.29, 0.717) is 29.1 Å². The van der Waals surface area contributed by atoms with E-state index in [0.717, 1.165) is 24.8 Å². The van der Waals surface area contributed by atoms with Gasteiger partial charge < -0.3 is 11.1 Å². The van der Waals surface area contributed by atoms with Crippen molar-refractivity contribution in [2.45, 2.75) is 32.1 Å². The van der Waals surface area contributed by atoms with Crippen LogP contribution in [0.5, 0.6) is 0 Å². The Labute approximate surface area is 136 Å². The average molecular weight is 329 g/mol. The Hall–Kier alpha value is -0.770. The van der Waals surface area contributed by atoms with Gasteiger partial charge in [0, 0.05) is 28.4 Å². The first kappa shape index (κ1) is 16.6. The Bertz CT molecular complexity index is 487. The molecule has 1 aromatic carbocycles. The number of carbonyl (C=O) groups is 1. The standard InChI is InChI=1S/C16H22Cl2N2O/c1-10(15-13(17)6-3-7-14(15)18)9-20-16(21)12-5-2-4-11(12)8-19/h3,6-7,10-12H,2,4-5,8-9,19H2,1H3,(H,20,21)/t10?,11-,12-/m1/s1.